The molecule has 0 atom stereocenters. The van der Waals surface area contributed by atoms with E-state index in [-0.39, 0.29) is 6.61 Å². The molecule has 4 heteroatoms. The molecule has 0 saturated carbocycles. The zero-order valence-corrected chi connectivity index (χ0v) is 13.9. The van der Waals surface area contributed by atoms with Gasteiger partial charge in [0.05, 0.1) is 17.9 Å². The van der Waals surface area contributed by atoms with Gasteiger partial charge >= 0.3 is 0 Å². The summed E-state index contributed by atoms with van der Waals surface area (Å²) in [6, 6.07) is 20.2. The molecule has 2 aromatic carbocycles. The first-order valence-electron chi connectivity index (χ1n) is 8.14. The van der Waals surface area contributed by atoms with E-state index < -0.39 is 0 Å². The van der Waals surface area contributed by atoms with Crippen molar-refractivity contribution < 1.29 is 9.84 Å². The summed E-state index contributed by atoms with van der Waals surface area (Å²) in [4.78, 5) is 0. The highest BCUT2D eigenvalue weighted by atomic mass is 16.5. The number of benzene rings is 2. The third-order valence-corrected chi connectivity index (χ3v) is 3.87. The maximum atomic E-state index is 8.95. The lowest BCUT2D eigenvalue weighted by Gasteiger charge is -2.10. The van der Waals surface area contributed by atoms with E-state index in [1.165, 1.54) is 5.56 Å². The first-order valence-corrected chi connectivity index (χ1v) is 8.14. The maximum Gasteiger partial charge on any atom is 0.130 e. The molecule has 0 fully saturated rings. The van der Waals surface area contributed by atoms with Crippen molar-refractivity contribution in [2.45, 2.75) is 26.5 Å². The van der Waals surface area contributed by atoms with Crippen molar-refractivity contribution in [1.82, 2.24) is 9.78 Å². The van der Waals surface area contributed by atoms with Crippen LogP contribution in [-0.2, 0) is 19.6 Å². The van der Waals surface area contributed by atoms with Gasteiger partial charge in [0.15, 0.2) is 0 Å². The number of nitrogens with zero attached hydrogens (tertiary/aromatic N) is 2. The highest BCUT2D eigenvalue weighted by Gasteiger charge is 2.07. The summed E-state index contributed by atoms with van der Waals surface area (Å²) in [5, 5.41) is 13.5. The molecule has 0 saturated heterocycles. The summed E-state index contributed by atoms with van der Waals surface area (Å²) in [7, 11) is 0. The Balaban J connectivity index is 1.66. The summed E-state index contributed by atoms with van der Waals surface area (Å²) in [6.45, 7) is 3.38. The summed E-state index contributed by atoms with van der Waals surface area (Å²) in [5.74, 6) is 0.821. The number of aromatic nitrogens is 2. The first-order chi connectivity index (χ1) is 11.7. The predicted molar refractivity (Wildman–Crippen MR) is 94.1 cm³/mol. The summed E-state index contributed by atoms with van der Waals surface area (Å²) in [6.07, 6.45) is 0.670. The number of aliphatic hydroxyl groups excluding tert-OH is 1. The summed E-state index contributed by atoms with van der Waals surface area (Å²) >= 11 is 0. The number of hydrogen-bond donors (Lipinski definition) is 1. The fraction of sp³-hybridized carbons (Fsp3) is 0.250. The lowest BCUT2D eigenvalue weighted by atomic mass is 10.1. The van der Waals surface area contributed by atoms with E-state index in [1.807, 2.05) is 54.1 Å². The van der Waals surface area contributed by atoms with Crippen LogP contribution in [0.2, 0.25) is 0 Å². The van der Waals surface area contributed by atoms with Crippen molar-refractivity contribution in [2.24, 2.45) is 0 Å². The Morgan fingerprint density at radius 3 is 2.46 bits per heavy atom. The van der Waals surface area contributed by atoms with E-state index >= 15 is 0 Å². The van der Waals surface area contributed by atoms with Crippen LogP contribution >= 0.6 is 0 Å². The molecule has 124 valence electrons. The molecule has 1 heterocycles. The largest absolute Gasteiger partial charge is 0.487 e. The molecule has 0 unspecified atom stereocenters. The maximum absolute atomic E-state index is 8.95. The Hall–Kier alpha value is -2.59. The van der Waals surface area contributed by atoms with E-state index in [0.29, 0.717) is 13.0 Å². The Bertz CT molecular complexity index is 764. The van der Waals surface area contributed by atoms with Crippen LogP contribution in [0.1, 0.15) is 22.5 Å². The van der Waals surface area contributed by atoms with Crippen LogP contribution in [0.15, 0.2) is 60.7 Å². The Kier molecular flexibility index (Phi) is 5.29. The van der Waals surface area contributed by atoms with E-state index in [4.69, 9.17) is 9.84 Å². The number of ether oxygens (including phenoxy) is 1. The van der Waals surface area contributed by atoms with E-state index in [1.54, 1.807) is 0 Å². The van der Waals surface area contributed by atoms with Gasteiger partial charge in [0, 0.05) is 6.61 Å². The van der Waals surface area contributed by atoms with E-state index in [2.05, 4.69) is 23.3 Å². The molecular formula is C20H22N2O2. The van der Waals surface area contributed by atoms with Gasteiger partial charge in [0.2, 0.25) is 0 Å². The highest BCUT2D eigenvalue weighted by Crippen LogP contribution is 2.16. The summed E-state index contributed by atoms with van der Waals surface area (Å²) < 4.78 is 7.88. The molecule has 0 spiro atoms. The van der Waals surface area contributed by atoms with Gasteiger partial charge in [0.25, 0.3) is 0 Å². The number of aryl methyl sites for hydroxylation is 1. The predicted octanol–water partition coefficient (Wildman–Crippen LogP) is 3.35. The minimum absolute atomic E-state index is 0.165. The van der Waals surface area contributed by atoms with Gasteiger partial charge in [-0.1, -0.05) is 42.5 Å². The van der Waals surface area contributed by atoms with Crippen LogP contribution < -0.4 is 4.74 Å². The monoisotopic (exact) mass is 322 g/mol. The lowest BCUT2D eigenvalue weighted by molar-refractivity contribution is 0.292. The van der Waals surface area contributed by atoms with Crippen molar-refractivity contribution in [3.8, 4) is 5.75 Å². The van der Waals surface area contributed by atoms with Crippen LogP contribution in [-0.4, -0.2) is 21.5 Å². The third kappa shape index (κ3) is 4.24. The molecule has 0 bridgehead atoms. The van der Waals surface area contributed by atoms with Crippen molar-refractivity contribution >= 4 is 0 Å². The molecule has 24 heavy (non-hydrogen) atoms. The third-order valence-electron chi connectivity index (χ3n) is 3.87. The normalized spacial score (nSPS) is 10.8. The van der Waals surface area contributed by atoms with Gasteiger partial charge in [-0.3, -0.25) is 4.68 Å². The minimum Gasteiger partial charge on any atom is -0.487 e. The van der Waals surface area contributed by atoms with Gasteiger partial charge in [0.1, 0.15) is 12.4 Å². The second-order valence-corrected chi connectivity index (χ2v) is 5.83. The van der Waals surface area contributed by atoms with Crippen LogP contribution in [0.3, 0.4) is 0 Å². The van der Waals surface area contributed by atoms with Crippen molar-refractivity contribution in [3.05, 3.63) is 83.2 Å². The minimum atomic E-state index is 0.165. The number of rotatable bonds is 7. The lowest BCUT2D eigenvalue weighted by Crippen LogP contribution is -2.09. The molecule has 3 rings (SSSR count). The highest BCUT2D eigenvalue weighted by molar-refractivity contribution is 5.27. The van der Waals surface area contributed by atoms with Gasteiger partial charge in [-0.2, -0.15) is 5.10 Å². The molecular weight excluding hydrogens is 300 g/mol. The number of hydrogen-bond acceptors (Lipinski definition) is 3. The van der Waals surface area contributed by atoms with Crippen molar-refractivity contribution in [2.75, 3.05) is 6.61 Å². The van der Waals surface area contributed by atoms with Crippen molar-refractivity contribution in [3.63, 3.8) is 0 Å². The van der Waals surface area contributed by atoms with Crippen molar-refractivity contribution in [1.29, 1.82) is 0 Å². The molecule has 1 N–H and O–H groups in total. The molecule has 0 aliphatic carbocycles. The molecule has 1 aromatic heterocycles. The molecule has 0 aliphatic rings. The van der Waals surface area contributed by atoms with Crippen LogP contribution in [0.25, 0.3) is 0 Å². The topological polar surface area (TPSA) is 47.3 Å². The molecule has 0 radical (unpaired) electrons. The summed E-state index contributed by atoms with van der Waals surface area (Å²) in [5.41, 5.74) is 4.36. The zero-order chi connectivity index (χ0) is 16.8. The average molecular weight is 322 g/mol. The second-order valence-electron chi connectivity index (χ2n) is 5.83. The van der Waals surface area contributed by atoms with Crippen LogP contribution in [0.5, 0.6) is 5.75 Å². The van der Waals surface area contributed by atoms with Crippen LogP contribution in [0.4, 0.5) is 0 Å². The molecule has 3 aromatic rings. The molecule has 4 nitrogen and oxygen atoms in total. The fourth-order valence-electron chi connectivity index (χ4n) is 2.65. The SMILES string of the molecule is Cc1cc(COc2ccc(CCO)cc2)n(Cc2ccccc2)n1. The van der Waals surface area contributed by atoms with Gasteiger partial charge in [-0.25, -0.2) is 0 Å². The molecule has 0 amide bonds. The Morgan fingerprint density at radius 2 is 1.75 bits per heavy atom. The Labute approximate surface area is 142 Å². The smallest absolute Gasteiger partial charge is 0.130 e. The average Bonchev–Trinajstić information content (AvgIpc) is 2.95. The van der Waals surface area contributed by atoms with Gasteiger partial charge in [-0.15, -0.1) is 0 Å². The second kappa shape index (κ2) is 7.79. The van der Waals surface area contributed by atoms with E-state index in [9.17, 15) is 0 Å². The molecule has 0 aliphatic heterocycles. The first kappa shape index (κ1) is 16.3. The van der Waals surface area contributed by atoms with Crippen LogP contribution in [0, 0.1) is 6.92 Å². The Morgan fingerprint density at radius 1 is 1.00 bits per heavy atom. The zero-order valence-electron chi connectivity index (χ0n) is 13.9. The van der Waals surface area contributed by atoms with Gasteiger partial charge in [-0.05, 0) is 42.7 Å². The quantitative estimate of drug-likeness (QED) is 0.725. The van der Waals surface area contributed by atoms with E-state index in [0.717, 1.165) is 29.2 Å². The standard InChI is InChI=1S/C20H22N2O2/c1-16-13-19(22(21-16)14-18-5-3-2-4-6-18)15-24-20-9-7-17(8-10-20)11-12-23/h2-10,13,23H,11-12,14-15H2,1H3. The number of aliphatic hydroxyl groups is 1. The van der Waals surface area contributed by atoms with Gasteiger partial charge < -0.3 is 9.84 Å². The fourth-order valence-corrected chi connectivity index (χ4v) is 2.65.